The van der Waals surface area contributed by atoms with E-state index in [2.05, 4.69) is 0 Å². The molecule has 0 amide bonds. The van der Waals surface area contributed by atoms with Crippen LogP contribution in [0.2, 0.25) is 0 Å². The number of carboxylic acids is 1. The van der Waals surface area contributed by atoms with Crippen molar-refractivity contribution in [2.75, 3.05) is 0 Å². The number of pyridine rings is 1. The number of carboxylic acid groups (broad SMARTS) is 1. The highest BCUT2D eigenvalue weighted by Gasteiger charge is 2.12. The Bertz CT molecular complexity index is 436. The van der Waals surface area contributed by atoms with Crippen LogP contribution in [0.1, 0.15) is 0 Å². The van der Waals surface area contributed by atoms with Crippen molar-refractivity contribution in [2.45, 2.75) is 6.54 Å². The van der Waals surface area contributed by atoms with Crippen LogP contribution in [0.15, 0.2) is 23.1 Å². The largest absolute Gasteiger partial charge is 0.548 e. The molecule has 0 aliphatic heterocycles. The van der Waals surface area contributed by atoms with E-state index in [1.54, 1.807) is 0 Å². The third kappa shape index (κ3) is 1.94. The van der Waals surface area contributed by atoms with Gasteiger partial charge in [0, 0.05) is 12.3 Å². The third-order valence-electron chi connectivity index (χ3n) is 1.50. The molecule has 0 fully saturated rings. The van der Waals surface area contributed by atoms with Crippen molar-refractivity contribution >= 4 is 11.7 Å². The Hall–Kier alpha value is -2.18. The molecule has 1 aromatic heterocycles. The van der Waals surface area contributed by atoms with Crippen LogP contribution in [0.3, 0.4) is 0 Å². The molecule has 0 bridgehead atoms. The Morgan fingerprint density at radius 1 is 1.57 bits per heavy atom. The van der Waals surface area contributed by atoms with E-state index in [1.165, 1.54) is 6.07 Å². The molecule has 0 aliphatic carbocycles. The Kier molecular flexibility index (Phi) is 2.61. The number of aromatic nitrogens is 1. The average molecular weight is 197 g/mol. The number of carbonyl (C=O) groups is 1. The Morgan fingerprint density at radius 2 is 2.21 bits per heavy atom. The molecule has 0 saturated carbocycles. The number of aliphatic carboxylic acids is 1. The van der Waals surface area contributed by atoms with Gasteiger partial charge in [0.15, 0.2) is 0 Å². The normalized spacial score (nSPS) is 9.71. The van der Waals surface area contributed by atoms with Crippen LogP contribution in [0.5, 0.6) is 0 Å². The number of hydrogen-bond donors (Lipinski definition) is 0. The second-order valence-electron chi connectivity index (χ2n) is 2.46. The van der Waals surface area contributed by atoms with Crippen molar-refractivity contribution in [3.05, 3.63) is 38.8 Å². The van der Waals surface area contributed by atoms with Crippen LogP contribution in [-0.2, 0) is 11.3 Å². The van der Waals surface area contributed by atoms with Gasteiger partial charge in [-0.15, -0.1) is 0 Å². The molecule has 0 spiro atoms. The van der Waals surface area contributed by atoms with E-state index < -0.39 is 28.7 Å². The monoisotopic (exact) mass is 197 g/mol. The summed E-state index contributed by atoms with van der Waals surface area (Å²) < 4.78 is 0.702. The van der Waals surface area contributed by atoms with Crippen LogP contribution in [0.25, 0.3) is 0 Å². The van der Waals surface area contributed by atoms with Gasteiger partial charge in [0.1, 0.15) is 0 Å². The Balaban J connectivity index is 3.21. The second-order valence-corrected chi connectivity index (χ2v) is 2.46. The van der Waals surface area contributed by atoms with Crippen LogP contribution in [0.4, 0.5) is 5.69 Å². The zero-order chi connectivity index (χ0) is 10.7. The molecule has 7 nitrogen and oxygen atoms in total. The fourth-order valence-electron chi connectivity index (χ4n) is 0.927. The second kappa shape index (κ2) is 3.69. The standard InChI is InChI=1S/C7H6N2O5/c10-6(11)4-8-3-1-2-5(7(8)12)9(13)14/h1-3H,4H2,(H,10,11)/p-1. The lowest BCUT2D eigenvalue weighted by atomic mass is 10.4. The number of rotatable bonds is 3. The van der Waals surface area contributed by atoms with Crippen molar-refractivity contribution in [1.82, 2.24) is 4.57 Å². The number of carbonyl (C=O) groups excluding carboxylic acids is 1. The smallest absolute Gasteiger partial charge is 0.334 e. The quantitative estimate of drug-likeness (QED) is 0.433. The summed E-state index contributed by atoms with van der Waals surface area (Å²) in [6.45, 7) is -0.694. The van der Waals surface area contributed by atoms with Crippen LogP contribution >= 0.6 is 0 Å². The van der Waals surface area contributed by atoms with Gasteiger partial charge in [0.2, 0.25) is 0 Å². The predicted molar refractivity (Wildman–Crippen MR) is 42.4 cm³/mol. The van der Waals surface area contributed by atoms with Gasteiger partial charge in [-0.2, -0.15) is 0 Å². The van der Waals surface area contributed by atoms with Gasteiger partial charge in [-0.3, -0.25) is 14.9 Å². The van der Waals surface area contributed by atoms with Gasteiger partial charge < -0.3 is 14.5 Å². The molecule has 0 saturated heterocycles. The highest BCUT2D eigenvalue weighted by atomic mass is 16.6. The maximum Gasteiger partial charge on any atom is 0.334 e. The molecule has 14 heavy (non-hydrogen) atoms. The molecule has 0 radical (unpaired) electrons. The molecule has 0 atom stereocenters. The molecule has 7 heteroatoms. The lowest BCUT2D eigenvalue weighted by Crippen LogP contribution is -2.33. The van der Waals surface area contributed by atoms with E-state index >= 15 is 0 Å². The van der Waals surface area contributed by atoms with Crippen molar-refractivity contribution < 1.29 is 14.8 Å². The summed E-state index contributed by atoms with van der Waals surface area (Å²) in [5.74, 6) is -1.48. The average Bonchev–Trinajstić information content (AvgIpc) is 2.07. The lowest BCUT2D eigenvalue weighted by Gasteiger charge is -2.04. The van der Waals surface area contributed by atoms with Crippen molar-refractivity contribution in [3.8, 4) is 0 Å². The zero-order valence-corrected chi connectivity index (χ0v) is 6.87. The lowest BCUT2D eigenvalue weighted by molar-refractivity contribution is -0.386. The molecule has 0 N–H and O–H groups in total. The van der Waals surface area contributed by atoms with E-state index in [-0.39, 0.29) is 0 Å². The summed E-state index contributed by atoms with van der Waals surface area (Å²) in [4.78, 5) is 30.8. The fourth-order valence-corrected chi connectivity index (χ4v) is 0.927. The molecule has 1 heterocycles. The van der Waals surface area contributed by atoms with E-state index in [4.69, 9.17) is 0 Å². The van der Waals surface area contributed by atoms with E-state index in [0.717, 1.165) is 12.3 Å². The van der Waals surface area contributed by atoms with Crippen LogP contribution in [0, 0.1) is 10.1 Å². The molecular weight excluding hydrogens is 192 g/mol. The minimum atomic E-state index is -1.48. The zero-order valence-electron chi connectivity index (χ0n) is 6.87. The van der Waals surface area contributed by atoms with Gasteiger partial charge in [-0.1, -0.05) is 0 Å². The minimum absolute atomic E-state index is 0.659. The molecule has 0 aromatic carbocycles. The summed E-state index contributed by atoms with van der Waals surface area (Å²) >= 11 is 0. The summed E-state index contributed by atoms with van der Waals surface area (Å²) in [5, 5.41) is 20.5. The topological polar surface area (TPSA) is 105 Å². The first-order chi connectivity index (χ1) is 6.52. The first-order valence-corrected chi connectivity index (χ1v) is 3.56. The van der Waals surface area contributed by atoms with Gasteiger partial charge in [0.25, 0.3) is 0 Å². The number of nitrogens with zero attached hydrogens (tertiary/aromatic N) is 2. The molecule has 0 aliphatic rings. The predicted octanol–water partition coefficient (Wildman–Crippen LogP) is -1.49. The molecule has 1 aromatic rings. The fraction of sp³-hybridized carbons (Fsp3) is 0.143. The Morgan fingerprint density at radius 3 is 2.71 bits per heavy atom. The summed E-state index contributed by atoms with van der Waals surface area (Å²) in [7, 11) is 0. The molecule has 1 rings (SSSR count). The summed E-state index contributed by atoms with van der Waals surface area (Å²) in [6, 6.07) is 2.23. The van der Waals surface area contributed by atoms with Crippen LogP contribution < -0.4 is 10.7 Å². The van der Waals surface area contributed by atoms with Gasteiger partial charge in [-0.05, 0) is 6.07 Å². The van der Waals surface area contributed by atoms with Crippen LogP contribution in [-0.4, -0.2) is 15.5 Å². The van der Waals surface area contributed by atoms with Crippen molar-refractivity contribution in [3.63, 3.8) is 0 Å². The number of hydrogen-bond acceptors (Lipinski definition) is 5. The molecule has 0 unspecified atom stereocenters. The first kappa shape index (κ1) is 9.90. The third-order valence-corrected chi connectivity index (χ3v) is 1.50. The minimum Gasteiger partial charge on any atom is -0.548 e. The molecular formula is C7H5N2O5-. The highest BCUT2D eigenvalue weighted by Crippen LogP contribution is 2.01. The van der Waals surface area contributed by atoms with E-state index in [0.29, 0.717) is 4.57 Å². The maximum absolute atomic E-state index is 11.2. The van der Waals surface area contributed by atoms with Crippen molar-refractivity contribution in [2.24, 2.45) is 0 Å². The molecule has 74 valence electrons. The van der Waals surface area contributed by atoms with Gasteiger partial charge in [0.05, 0.1) is 17.4 Å². The highest BCUT2D eigenvalue weighted by molar-refractivity contribution is 5.64. The van der Waals surface area contributed by atoms with Gasteiger partial charge in [-0.25, -0.2) is 0 Å². The number of nitro groups is 1. The van der Waals surface area contributed by atoms with E-state index in [1.807, 2.05) is 0 Å². The Labute approximate surface area is 77.4 Å². The SMILES string of the molecule is O=C([O-])Cn1cccc([N+](=O)[O-])c1=O. The summed E-state index contributed by atoms with van der Waals surface area (Å²) in [5.41, 5.74) is -1.62. The van der Waals surface area contributed by atoms with E-state index in [9.17, 15) is 24.8 Å². The first-order valence-electron chi connectivity index (χ1n) is 3.56. The van der Waals surface area contributed by atoms with Gasteiger partial charge >= 0.3 is 11.2 Å². The maximum atomic E-state index is 11.2. The van der Waals surface area contributed by atoms with Crippen molar-refractivity contribution in [1.29, 1.82) is 0 Å². The summed E-state index contributed by atoms with van der Waals surface area (Å²) in [6.07, 6.45) is 1.14.